The van der Waals surface area contributed by atoms with Crippen LogP contribution in [0.2, 0.25) is 0 Å². The van der Waals surface area contributed by atoms with Crippen LogP contribution in [0.4, 0.5) is 4.79 Å². The Morgan fingerprint density at radius 3 is 2.67 bits per heavy atom. The van der Waals surface area contributed by atoms with Gasteiger partial charge in [0.25, 0.3) is 5.91 Å². The first-order valence-corrected chi connectivity index (χ1v) is 12.4. The number of aliphatic hydroxyl groups is 1. The molecule has 0 radical (unpaired) electrons. The standard InChI is InChI=1S/C22H28N4O6S/c1-22(20(28)23-30,33(3,31)32)8-9-25-14-18-10-17(13-26(18)21(25)29)7-5-4-6-16-11-19(15-27)24(2)12-16/h10,13,16,19,27,30H,8-9,11-12,14-15H2,1-3H3,(H,23,28)/t16-,19+,22+/m0/s1. The summed E-state index contributed by atoms with van der Waals surface area (Å²) in [5, 5.41) is 18.2. The zero-order valence-corrected chi connectivity index (χ0v) is 19.6. The minimum absolute atomic E-state index is 0.0225. The maximum Gasteiger partial charge on any atom is 0.328 e. The number of aromatic nitrogens is 1. The molecule has 3 N–H and O–H groups in total. The quantitative estimate of drug-likeness (QED) is 0.290. The third-order valence-corrected chi connectivity index (χ3v) is 8.46. The molecule has 3 heterocycles. The molecule has 0 aromatic carbocycles. The number of likely N-dealkylation sites (N-methyl/N-ethyl adjacent to an activating group) is 1. The lowest BCUT2D eigenvalue weighted by atomic mass is 10.1. The van der Waals surface area contributed by atoms with E-state index in [9.17, 15) is 23.1 Å². The molecule has 0 aliphatic carbocycles. The van der Waals surface area contributed by atoms with Crippen LogP contribution in [0.1, 0.15) is 31.0 Å². The lowest BCUT2D eigenvalue weighted by Gasteiger charge is -2.27. The lowest BCUT2D eigenvalue weighted by Crippen LogP contribution is -2.50. The van der Waals surface area contributed by atoms with Gasteiger partial charge < -0.3 is 10.0 Å². The number of nitrogens with zero attached hydrogens (tertiary/aromatic N) is 3. The zero-order valence-electron chi connectivity index (χ0n) is 18.8. The summed E-state index contributed by atoms with van der Waals surface area (Å²) in [6.45, 7) is 2.41. The number of aliphatic hydroxyl groups excluding tert-OH is 1. The zero-order chi connectivity index (χ0) is 24.4. The smallest absolute Gasteiger partial charge is 0.328 e. The lowest BCUT2D eigenvalue weighted by molar-refractivity contribution is -0.131. The van der Waals surface area contributed by atoms with E-state index in [1.54, 1.807) is 12.3 Å². The summed E-state index contributed by atoms with van der Waals surface area (Å²) in [4.78, 5) is 28.2. The summed E-state index contributed by atoms with van der Waals surface area (Å²) >= 11 is 0. The molecule has 0 spiro atoms. The van der Waals surface area contributed by atoms with Crippen molar-refractivity contribution in [3.63, 3.8) is 0 Å². The minimum atomic E-state index is -3.84. The average molecular weight is 477 g/mol. The molecule has 0 bridgehead atoms. The molecule has 2 aliphatic heterocycles. The van der Waals surface area contributed by atoms with Crippen molar-refractivity contribution in [1.29, 1.82) is 0 Å². The van der Waals surface area contributed by atoms with Crippen LogP contribution in [0.5, 0.6) is 0 Å². The van der Waals surface area contributed by atoms with Crippen LogP contribution in [0.15, 0.2) is 12.3 Å². The summed E-state index contributed by atoms with van der Waals surface area (Å²) in [5.41, 5.74) is 2.75. The van der Waals surface area contributed by atoms with Gasteiger partial charge in [-0.2, -0.15) is 0 Å². The minimum Gasteiger partial charge on any atom is -0.395 e. The average Bonchev–Trinajstić information content (AvgIpc) is 3.41. The van der Waals surface area contributed by atoms with Crippen molar-refractivity contribution >= 4 is 21.8 Å². The number of hydrogen-bond acceptors (Lipinski definition) is 7. The van der Waals surface area contributed by atoms with E-state index < -0.39 is 20.5 Å². The number of carbonyl (C=O) groups excluding carboxylic acids is 2. The Kier molecular flexibility index (Phi) is 7.20. The van der Waals surface area contributed by atoms with Crippen molar-refractivity contribution < 1.29 is 28.3 Å². The number of hydrogen-bond donors (Lipinski definition) is 3. The number of fused-ring (bicyclic) bond motifs is 1. The van der Waals surface area contributed by atoms with Gasteiger partial charge in [-0.15, -0.1) is 0 Å². The van der Waals surface area contributed by atoms with Gasteiger partial charge in [-0.1, -0.05) is 11.8 Å². The summed E-state index contributed by atoms with van der Waals surface area (Å²) in [6, 6.07) is 1.57. The Morgan fingerprint density at radius 1 is 1.36 bits per heavy atom. The van der Waals surface area contributed by atoms with E-state index in [1.165, 1.54) is 21.9 Å². The molecule has 0 saturated carbocycles. The van der Waals surface area contributed by atoms with E-state index in [0.29, 0.717) is 11.3 Å². The molecule has 178 valence electrons. The molecule has 33 heavy (non-hydrogen) atoms. The highest BCUT2D eigenvalue weighted by Crippen LogP contribution is 2.25. The molecule has 2 amide bonds. The number of likely N-dealkylation sites (tertiary alicyclic amines) is 1. The predicted molar refractivity (Wildman–Crippen MR) is 120 cm³/mol. The molecule has 0 unspecified atom stereocenters. The third-order valence-electron chi connectivity index (χ3n) is 6.43. The highest BCUT2D eigenvalue weighted by atomic mass is 32.2. The Labute approximate surface area is 193 Å². The van der Waals surface area contributed by atoms with E-state index >= 15 is 0 Å². The van der Waals surface area contributed by atoms with Gasteiger partial charge in [-0.25, -0.2) is 18.7 Å². The van der Waals surface area contributed by atoms with Gasteiger partial charge in [0.1, 0.15) is 0 Å². The number of nitrogens with one attached hydrogen (secondary N) is 1. The monoisotopic (exact) mass is 476 g/mol. The van der Waals surface area contributed by atoms with Gasteiger partial charge in [0, 0.05) is 48.8 Å². The molecule has 3 atom stereocenters. The number of carbonyl (C=O) groups is 2. The van der Waals surface area contributed by atoms with E-state index in [2.05, 4.69) is 28.6 Å². The van der Waals surface area contributed by atoms with Crippen molar-refractivity contribution in [2.45, 2.75) is 37.1 Å². The Morgan fingerprint density at radius 2 is 2.09 bits per heavy atom. The second-order valence-electron chi connectivity index (χ2n) is 8.72. The first-order chi connectivity index (χ1) is 15.5. The van der Waals surface area contributed by atoms with Gasteiger partial charge in [0.05, 0.1) is 13.2 Å². The van der Waals surface area contributed by atoms with Crippen LogP contribution >= 0.6 is 0 Å². The fourth-order valence-electron chi connectivity index (χ4n) is 4.04. The Bertz CT molecular complexity index is 1170. The van der Waals surface area contributed by atoms with Crippen molar-refractivity contribution in [2.75, 3.05) is 33.0 Å². The number of rotatable bonds is 6. The van der Waals surface area contributed by atoms with Crippen LogP contribution in [0.3, 0.4) is 0 Å². The first-order valence-electron chi connectivity index (χ1n) is 10.5. The third kappa shape index (κ3) is 5.07. The first kappa shape index (κ1) is 24.8. The Hall–Kier alpha value is -2.83. The van der Waals surface area contributed by atoms with Crippen LogP contribution in [0.25, 0.3) is 0 Å². The summed E-state index contributed by atoms with van der Waals surface area (Å²) in [6.07, 6.45) is 3.17. The molecule has 1 saturated heterocycles. The summed E-state index contributed by atoms with van der Waals surface area (Å²) < 4.78 is 23.8. The molecule has 2 aliphatic rings. The number of amides is 2. The maximum atomic E-state index is 12.7. The number of hydroxylamine groups is 1. The van der Waals surface area contributed by atoms with Gasteiger partial charge in [-0.3, -0.25) is 19.5 Å². The highest BCUT2D eigenvalue weighted by molar-refractivity contribution is 7.92. The fraction of sp³-hybridized carbons (Fsp3) is 0.545. The second-order valence-corrected chi connectivity index (χ2v) is 11.2. The van der Waals surface area contributed by atoms with Gasteiger partial charge in [0.2, 0.25) is 0 Å². The molecule has 3 rings (SSSR count). The summed E-state index contributed by atoms with van der Waals surface area (Å²) in [5.74, 6) is 10.8. The largest absolute Gasteiger partial charge is 0.395 e. The van der Waals surface area contributed by atoms with Gasteiger partial charge >= 0.3 is 6.03 Å². The van der Waals surface area contributed by atoms with Gasteiger partial charge in [0.15, 0.2) is 14.6 Å². The predicted octanol–water partition coefficient (Wildman–Crippen LogP) is -0.362. The highest BCUT2D eigenvalue weighted by Gasteiger charge is 2.44. The maximum absolute atomic E-state index is 12.7. The second kappa shape index (κ2) is 9.57. The topological polar surface area (TPSA) is 132 Å². The summed E-state index contributed by atoms with van der Waals surface area (Å²) in [7, 11) is -1.88. The van der Waals surface area contributed by atoms with Crippen LogP contribution in [-0.4, -0.2) is 88.8 Å². The molecule has 1 fully saturated rings. The normalized spacial score (nSPS) is 22.1. The molecular formula is C22H28N4O6S. The van der Waals surface area contributed by atoms with Crippen LogP contribution in [-0.2, 0) is 21.2 Å². The molecule has 1 aromatic heterocycles. The van der Waals surface area contributed by atoms with Crippen molar-refractivity contribution in [2.24, 2.45) is 5.92 Å². The molecule has 11 heteroatoms. The van der Waals surface area contributed by atoms with Crippen molar-refractivity contribution in [1.82, 2.24) is 19.8 Å². The number of sulfone groups is 1. The molecule has 10 nitrogen and oxygen atoms in total. The SMILES string of the molecule is CN1C[C@@H](C#CC#Cc2cc3n(c2)C(=O)N(CC[C@](C)(C(=O)NO)S(C)(=O)=O)C3)C[C@@H]1CO. The van der Waals surface area contributed by atoms with Crippen LogP contribution in [0, 0.1) is 29.6 Å². The van der Waals surface area contributed by atoms with E-state index in [0.717, 1.165) is 19.2 Å². The van der Waals surface area contributed by atoms with E-state index in [4.69, 9.17) is 5.21 Å². The van der Waals surface area contributed by atoms with E-state index in [1.807, 2.05) is 7.05 Å². The van der Waals surface area contributed by atoms with Gasteiger partial charge in [-0.05, 0) is 44.7 Å². The molecular weight excluding hydrogens is 448 g/mol. The Balaban J connectivity index is 1.62. The molecule has 1 aromatic rings. The van der Waals surface area contributed by atoms with E-state index in [-0.39, 0.29) is 44.1 Å². The fourth-order valence-corrected chi connectivity index (χ4v) is 4.88. The van der Waals surface area contributed by atoms with Crippen LogP contribution < -0.4 is 5.48 Å². The van der Waals surface area contributed by atoms with Crippen molar-refractivity contribution in [3.8, 4) is 23.7 Å². The van der Waals surface area contributed by atoms with Crippen molar-refractivity contribution in [3.05, 3.63) is 23.5 Å².